The SMILES string of the molecule is CS(=O)(=O)Oc1ccc2cccnc2c1. The second kappa shape index (κ2) is 3.51. The fourth-order valence-corrected chi connectivity index (χ4v) is 1.73. The highest BCUT2D eigenvalue weighted by molar-refractivity contribution is 7.86. The summed E-state index contributed by atoms with van der Waals surface area (Å²) in [4.78, 5) is 4.10. The predicted octanol–water partition coefficient (Wildman–Crippen LogP) is 1.57. The summed E-state index contributed by atoms with van der Waals surface area (Å²) in [5.41, 5.74) is 0.707. The first-order valence-electron chi connectivity index (χ1n) is 4.29. The molecule has 0 atom stereocenters. The molecule has 2 rings (SSSR count). The van der Waals surface area contributed by atoms with Gasteiger partial charge in [0.05, 0.1) is 11.8 Å². The van der Waals surface area contributed by atoms with Gasteiger partial charge in [0.15, 0.2) is 0 Å². The quantitative estimate of drug-likeness (QED) is 0.725. The smallest absolute Gasteiger partial charge is 0.306 e. The van der Waals surface area contributed by atoms with Crippen LogP contribution in [0, 0.1) is 0 Å². The summed E-state index contributed by atoms with van der Waals surface area (Å²) >= 11 is 0. The largest absolute Gasteiger partial charge is 0.383 e. The second-order valence-corrected chi connectivity index (χ2v) is 4.72. The molecule has 2 aromatic rings. The third-order valence-corrected chi connectivity index (χ3v) is 2.32. The normalized spacial score (nSPS) is 11.5. The van der Waals surface area contributed by atoms with E-state index < -0.39 is 10.1 Å². The molecule has 0 aliphatic rings. The summed E-state index contributed by atoms with van der Waals surface area (Å²) in [6.07, 6.45) is 2.65. The molecule has 1 heterocycles. The van der Waals surface area contributed by atoms with E-state index in [9.17, 15) is 8.42 Å². The van der Waals surface area contributed by atoms with Gasteiger partial charge in [-0.1, -0.05) is 6.07 Å². The predicted molar refractivity (Wildman–Crippen MR) is 57.2 cm³/mol. The first-order valence-corrected chi connectivity index (χ1v) is 6.10. The minimum atomic E-state index is -3.47. The minimum Gasteiger partial charge on any atom is -0.383 e. The molecule has 0 unspecified atom stereocenters. The van der Waals surface area contributed by atoms with Crippen LogP contribution in [-0.4, -0.2) is 19.7 Å². The van der Waals surface area contributed by atoms with Crippen molar-refractivity contribution in [2.45, 2.75) is 0 Å². The van der Waals surface area contributed by atoms with Gasteiger partial charge in [-0.15, -0.1) is 0 Å². The molecule has 1 aromatic heterocycles. The number of hydrogen-bond acceptors (Lipinski definition) is 4. The zero-order valence-corrected chi connectivity index (χ0v) is 8.86. The first-order chi connectivity index (χ1) is 7.04. The van der Waals surface area contributed by atoms with Crippen molar-refractivity contribution in [3.05, 3.63) is 36.5 Å². The molecule has 0 bridgehead atoms. The molecule has 78 valence electrons. The Balaban J connectivity index is 2.48. The van der Waals surface area contributed by atoms with E-state index in [4.69, 9.17) is 4.18 Å². The van der Waals surface area contributed by atoms with Crippen LogP contribution in [-0.2, 0) is 10.1 Å². The maximum absolute atomic E-state index is 10.9. The molecule has 0 aliphatic carbocycles. The fraction of sp³-hybridized carbons (Fsp3) is 0.100. The van der Waals surface area contributed by atoms with Gasteiger partial charge in [-0.25, -0.2) is 0 Å². The highest BCUT2D eigenvalue weighted by Crippen LogP contribution is 2.19. The van der Waals surface area contributed by atoms with Crippen LogP contribution in [0.15, 0.2) is 36.5 Å². The zero-order chi connectivity index (χ0) is 10.9. The number of rotatable bonds is 2. The van der Waals surface area contributed by atoms with Crippen LogP contribution in [0.2, 0.25) is 0 Å². The lowest BCUT2D eigenvalue weighted by atomic mass is 10.2. The lowest BCUT2D eigenvalue weighted by Crippen LogP contribution is -2.05. The summed E-state index contributed by atoms with van der Waals surface area (Å²) in [5.74, 6) is 0.281. The van der Waals surface area contributed by atoms with E-state index in [0.717, 1.165) is 11.6 Å². The molecule has 0 N–H and O–H groups in total. The fourth-order valence-electron chi connectivity index (χ4n) is 1.27. The molecule has 0 saturated carbocycles. The molecule has 4 nitrogen and oxygen atoms in total. The van der Waals surface area contributed by atoms with Crippen molar-refractivity contribution in [2.75, 3.05) is 6.26 Å². The van der Waals surface area contributed by atoms with Crippen molar-refractivity contribution < 1.29 is 12.6 Å². The average molecular weight is 223 g/mol. The number of nitrogens with zero attached hydrogens (tertiary/aromatic N) is 1. The van der Waals surface area contributed by atoms with Crippen LogP contribution in [0.1, 0.15) is 0 Å². The molecule has 0 amide bonds. The van der Waals surface area contributed by atoms with Crippen molar-refractivity contribution in [1.82, 2.24) is 4.98 Å². The molecule has 0 saturated heterocycles. The van der Waals surface area contributed by atoms with E-state index >= 15 is 0 Å². The summed E-state index contributed by atoms with van der Waals surface area (Å²) in [6, 6.07) is 8.68. The van der Waals surface area contributed by atoms with Gasteiger partial charge in [-0.2, -0.15) is 8.42 Å². The van der Waals surface area contributed by atoms with Gasteiger partial charge >= 0.3 is 10.1 Å². The number of fused-ring (bicyclic) bond motifs is 1. The first kappa shape index (κ1) is 9.92. The molecule has 1 aromatic carbocycles. The van der Waals surface area contributed by atoms with E-state index in [-0.39, 0.29) is 5.75 Å². The van der Waals surface area contributed by atoms with Crippen LogP contribution in [0.25, 0.3) is 10.9 Å². The van der Waals surface area contributed by atoms with Gasteiger partial charge in [-0.3, -0.25) is 4.98 Å². The third-order valence-electron chi connectivity index (χ3n) is 1.82. The van der Waals surface area contributed by atoms with Gasteiger partial charge < -0.3 is 4.18 Å². The van der Waals surface area contributed by atoms with E-state index in [1.165, 1.54) is 0 Å². The standard InChI is InChI=1S/C10H9NO3S/c1-15(12,13)14-9-5-4-8-3-2-6-11-10(8)7-9/h2-7H,1H3. The lowest BCUT2D eigenvalue weighted by molar-refractivity contribution is 0.493. The molecular weight excluding hydrogens is 214 g/mol. The molecular formula is C10H9NO3S. The number of benzene rings is 1. The summed E-state index contributed by atoms with van der Waals surface area (Å²) in [7, 11) is -3.47. The maximum Gasteiger partial charge on any atom is 0.306 e. The zero-order valence-electron chi connectivity index (χ0n) is 8.04. The minimum absolute atomic E-state index is 0.281. The Kier molecular flexibility index (Phi) is 2.32. The van der Waals surface area contributed by atoms with Crippen LogP contribution < -0.4 is 4.18 Å². The number of aromatic nitrogens is 1. The molecule has 0 aliphatic heterocycles. The van der Waals surface area contributed by atoms with Crippen molar-refractivity contribution in [2.24, 2.45) is 0 Å². The Morgan fingerprint density at radius 3 is 2.80 bits per heavy atom. The molecule has 5 heteroatoms. The van der Waals surface area contributed by atoms with Crippen molar-refractivity contribution in [1.29, 1.82) is 0 Å². The molecule has 15 heavy (non-hydrogen) atoms. The van der Waals surface area contributed by atoms with Crippen LogP contribution in [0.5, 0.6) is 5.75 Å². The van der Waals surface area contributed by atoms with Crippen molar-refractivity contribution >= 4 is 21.0 Å². The van der Waals surface area contributed by atoms with Gasteiger partial charge in [0, 0.05) is 17.6 Å². The van der Waals surface area contributed by atoms with Crippen LogP contribution in [0.4, 0.5) is 0 Å². The van der Waals surface area contributed by atoms with Crippen LogP contribution in [0.3, 0.4) is 0 Å². The number of hydrogen-bond donors (Lipinski definition) is 0. The van der Waals surface area contributed by atoms with Gasteiger partial charge in [0.1, 0.15) is 5.75 Å². The summed E-state index contributed by atoms with van der Waals surface area (Å²) in [5, 5.41) is 0.943. The molecule has 0 spiro atoms. The summed E-state index contributed by atoms with van der Waals surface area (Å²) < 4.78 is 26.5. The Labute approximate surface area is 87.6 Å². The molecule has 0 fully saturated rings. The van der Waals surface area contributed by atoms with E-state index in [1.54, 1.807) is 24.4 Å². The monoisotopic (exact) mass is 223 g/mol. The Morgan fingerprint density at radius 2 is 2.07 bits per heavy atom. The van der Waals surface area contributed by atoms with Gasteiger partial charge in [0.2, 0.25) is 0 Å². The maximum atomic E-state index is 10.9. The van der Waals surface area contributed by atoms with Gasteiger partial charge in [-0.05, 0) is 18.2 Å². The topological polar surface area (TPSA) is 56.3 Å². The highest BCUT2D eigenvalue weighted by atomic mass is 32.2. The Bertz CT molecular complexity index is 592. The van der Waals surface area contributed by atoms with E-state index in [0.29, 0.717) is 5.52 Å². The summed E-state index contributed by atoms with van der Waals surface area (Å²) in [6.45, 7) is 0. The number of pyridine rings is 1. The Hall–Kier alpha value is -1.62. The average Bonchev–Trinajstić information content (AvgIpc) is 2.15. The Morgan fingerprint density at radius 1 is 1.27 bits per heavy atom. The highest BCUT2D eigenvalue weighted by Gasteiger charge is 2.04. The van der Waals surface area contributed by atoms with E-state index in [2.05, 4.69) is 4.98 Å². The van der Waals surface area contributed by atoms with Crippen molar-refractivity contribution in [3.63, 3.8) is 0 Å². The second-order valence-electron chi connectivity index (χ2n) is 3.15. The van der Waals surface area contributed by atoms with Crippen molar-refractivity contribution in [3.8, 4) is 5.75 Å². The van der Waals surface area contributed by atoms with Crippen LogP contribution >= 0.6 is 0 Å². The molecule has 0 radical (unpaired) electrons. The third kappa shape index (κ3) is 2.44. The van der Waals surface area contributed by atoms with E-state index in [1.807, 2.05) is 12.1 Å². The van der Waals surface area contributed by atoms with Gasteiger partial charge in [0.25, 0.3) is 0 Å². The lowest BCUT2D eigenvalue weighted by Gasteiger charge is -2.03.